The Morgan fingerprint density at radius 2 is 1.86 bits per heavy atom. The van der Waals surface area contributed by atoms with E-state index in [2.05, 4.69) is 16.9 Å². The Hall–Kier alpha value is -2.36. The third kappa shape index (κ3) is 4.58. The summed E-state index contributed by atoms with van der Waals surface area (Å²) >= 11 is 0. The van der Waals surface area contributed by atoms with Crippen LogP contribution in [0.1, 0.15) is 28.8 Å². The van der Waals surface area contributed by atoms with Crippen molar-refractivity contribution in [2.75, 3.05) is 13.7 Å². The van der Waals surface area contributed by atoms with E-state index in [1.165, 1.54) is 24.8 Å². The van der Waals surface area contributed by atoms with E-state index in [4.69, 9.17) is 4.74 Å². The number of aryl methyl sites for hydroxylation is 1. The van der Waals surface area contributed by atoms with Crippen molar-refractivity contribution >= 4 is 5.97 Å². The molecule has 0 aliphatic carbocycles. The quantitative estimate of drug-likeness (QED) is 0.572. The van der Waals surface area contributed by atoms with Gasteiger partial charge in [-0.15, -0.1) is 0 Å². The summed E-state index contributed by atoms with van der Waals surface area (Å²) in [7, 11) is 1.22. The largest absolute Gasteiger partial charge is 0.493 e. The lowest BCUT2D eigenvalue weighted by atomic mass is 10.1. The number of benzene rings is 2. The summed E-state index contributed by atoms with van der Waals surface area (Å²) < 4.78 is 23.7. The van der Waals surface area contributed by atoms with Crippen molar-refractivity contribution in [2.24, 2.45) is 0 Å². The van der Waals surface area contributed by atoms with Gasteiger partial charge in [-0.3, -0.25) is 0 Å². The van der Waals surface area contributed by atoms with Crippen LogP contribution in [0.4, 0.5) is 4.39 Å². The molecule has 0 saturated heterocycles. The number of esters is 1. The Balaban J connectivity index is 1.75. The van der Waals surface area contributed by atoms with Crippen LogP contribution in [0.2, 0.25) is 0 Å². The molecule has 2 aromatic carbocycles. The number of rotatable bonds is 7. The smallest absolute Gasteiger partial charge is 0.340 e. The first-order chi connectivity index (χ1) is 10.7. The Kier molecular flexibility index (Phi) is 5.95. The van der Waals surface area contributed by atoms with Crippen molar-refractivity contribution < 1.29 is 18.7 Å². The van der Waals surface area contributed by atoms with Crippen molar-refractivity contribution in [3.63, 3.8) is 0 Å². The number of halogens is 1. The Labute approximate surface area is 129 Å². The van der Waals surface area contributed by atoms with Crippen LogP contribution in [0.15, 0.2) is 48.5 Å². The highest BCUT2D eigenvalue weighted by atomic mass is 19.1. The van der Waals surface area contributed by atoms with Gasteiger partial charge in [0, 0.05) is 6.07 Å². The maximum absolute atomic E-state index is 13.7. The monoisotopic (exact) mass is 302 g/mol. The van der Waals surface area contributed by atoms with Gasteiger partial charge in [-0.1, -0.05) is 30.3 Å². The van der Waals surface area contributed by atoms with E-state index in [0.717, 1.165) is 19.3 Å². The third-order valence-corrected chi connectivity index (χ3v) is 3.32. The van der Waals surface area contributed by atoms with E-state index < -0.39 is 11.8 Å². The summed E-state index contributed by atoms with van der Waals surface area (Å²) in [6, 6.07) is 14.4. The van der Waals surface area contributed by atoms with Crippen LogP contribution >= 0.6 is 0 Å². The van der Waals surface area contributed by atoms with Crippen LogP contribution in [0.3, 0.4) is 0 Å². The molecule has 2 aromatic rings. The number of hydrogen-bond donors (Lipinski definition) is 0. The molecule has 0 unspecified atom stereocenters. The minimum Gasteiger partial charge on any atom is -0.493 e. The number of ether oxygens (including phenoxy) is 2. The topological polar surface area (TPSA) is 35.5 Å². The van der Waals surface area contributed by atoms with Gasteiger partial charge in [0.05, 0.1) is 19.3 Å². The van der Waals surface area contributed by atoms with Crippen molar-refractivity contribution in [3.05, 3.63) is 65.5 Å². The molecule has 2 rings (SSSR count). The second-order valence-electron chi connectivity index (χ2n) is 4.92. The molecule has 0 heterocycles. The van der Waals surface area contributed by atoms with Gasteiger partial charge in [0.15, 0.2) is 0 Å². The van der Waals surface area contributed by atoms with Crippen molar-refractivity contribution in [1.82, 2.24) is 0 Å². The molecule has 4 heteroatoms. The predicted molar refractivity (Wildman–Crippen MR) is 82.6 cm³/mol. The predicted octanol–water partition coefficient (Wildman–Crippen LogP) is 4.01. The van der Waals surface area contributed by atoms with Crippen molar-refractivity contribution in [1.29, 1.82) is 0 Å². The van der Waals surface area contributed by atoms with Gasteiger partial charge in [0.25, 0.3) is 0 Å². The minimum absolute atomic E-state index is 0.0843. The van der Waals surface area contributed by atoms with Crippen molar-refractivity contribution in [3.8, 4) is 5.75 Å². The maximum atomic E-state index is 13.7. The van der Waals surface area contributed by atoms with Crippen LogP contribution in [-0.4, -0.2) is 19.7 Å². The van der Waals surface area contributed by atoms with Gasteiger partial charge in [-0.25, -0.2) is 9.18 Å². The molecular formula is C18H19FO3. The fourth-order valence-electron chi connectivity index (χ4n) is 2.13. The first kappa shape index (κ1) is 16.0. The van der Waals surface area contributed by atoms with Gasteiger partial charge in [0.2, 0.25) is 0 Å². The molecule has 0 saturated carbocycles. The van der Waals surface area contributed by atoms with E-state index in [-0.39, 0.29) is 5.56 Å². The van der Waals surface area contributed by atoms with E-state index in [1.54, 1.807) is 6.07 Å². The molecule has 0 aliphatic heterocycles. The molecule has 0 amide bonds. The average Bonchev–Trinajstić information content (AvgIpc) is 2.55. The Morgan fingerprint density at radius 1 is 1.09 bits per heavy atom. The Bertz CT molecular complexity index is 611. The molecule has 3 nitrogen and oxygen atoms in total. The highest BCUT2D eigenvalue weighted by Gasteiger charge is 2.12. The van der Waals surface area contributed by atoms with E-state index in [1.807, 2.05) is 18.2 Å². The normalized spacial score (nSPS) is 10.3. The van der Waals surface area contributed by atoms with Gasteiger partial charge < -0.3 is 9.47 Å². The molecule has 0 fully saturated rings. The second-order valence-corrected chi connectivity index (χ2v) is 4.92. The van der Waals surface area contributed by atoms with Gasteiger partial charge in [0.1, 0.15) is 11.6 Å². The highest BCUT2D eigenvalue weighted by Crippen LogP contribution is 2.18. The molecule has 22 heavy (non-hydrogen) atoms. The summed E-state index contributed by atoms with van der Waals surface area (Å²) in [5, 5.41) is 0. The fraction of sp³-hybridized carbons (Fsp3) is 0.278. The molecule has 0 radical (unpaired) electrons. The lowest BCUT2D eigenvalue weighted by Gasteiger charge is -2.08. The average molecular weight is 302 g/mol. The summed E-state index contributed by atoms with van der Waals surface area (Å²) in [6.45, 7) is 0.518. The summed E-state index contributed by atoms with van der Waals surface area (Å²) in [6.07, 6.45) is 2.89. The number of hydrogen-bond acceptors (Lipinski definition) is 3. The van der Waals surface area contributed by atoms with E-state index in [9.17, 15) is 9.18 Å². The molecule has 0 N–H and O–H groups in total. The fourth-order valence-corrected chi connectivity index (χ4v) is 2.13. The highest BCUT2D eigenvalue weighted by molar-refractivity contribution is 5.89. The minimum atomic E-state index is -0.688. The molecule has 0 bridgehead atoms. The SMILES string of the molecule is COC(=O)c1ccc(OCCCCc2ccccc2)cc1F. The number of methoxy groups -OCH3 is 1. The van der Waals surface area contributed by atoms with Crippen LogP contribution < -0.4 is 4.74 Å². The summed E-state index contributed by atoms with van der Waals surface area (Å²) in [5.41, 5.74) is 1.22. The summed E-state index contributed by atoms with van der Waals surface area (Å²) in [4.78, 5) is 11.3. The molecule has 0 aromatic heterocycles. The lowest BCUT2D eigenvalue weighted by molar-refractivity contribution is 0.0595. The van der Waals surface area contributed by atoms with Crippen LogP contribution in [0.5, 0.6) is 5.75 Å². The van der Waals surface area contributed by atoms with Crippen LogP contribution in [0, 0.1) is 5.82 Å². The zero-order valence-electron chi connectivity index (χ0n) is 12.5. The zero-order valence-corrected chi connectivity index (χ0v) is 12.5. The number of unbranched alkanes of at least 4 members (excludes halogenated alkanes) is 1. The first-order valence-electron chi connectivity index (χ1n) is 7.25. The van der Waals surface area contributed by atoms with Crippen molar-refractivity contribution in [2.45, 2.75) is 19.3 Å². The molecule has 0 spiro atoms. The lowest BCUT2D eigenvalue weighted by Crippen LogP contribution is -2.05. The standard InChI is InChI=1S/C18H19FO3/c1-21-18(20)16-11-10-15(13-17(16)19)22-12-6-5-9-14-7-3-2-4-8-14/h2-4,7-8,10-11,13H,5-6,9,12H2,1H3. The zero-order chi connectivity index (χ0) is 15.8. The maximum Gasteiger partial charge on any atom is 0.340 e. The summed E-state index contributed by atoms with van der Waals surface area (Å²) in [5.74, 6) is -0.898. The van der Waals surface area contributed by atoms with E-state index >= 15 is 0 Å². The van der Waals surface area contributed by atoms with Gasteiger partial charge in [-0.2, -0.15) is 0 Å². The van der Waals surface area contributed by atoms with Crippen LogP contribution in [-0.2, 0) is 11.2 Å². The number of carbonyl (C=O) groups excluding carboxylic acids is 1. The third-order valence-electron chi connectivity index (χ3n) is 3.32. The second kappa shape index (κ2) is 8.17. The first-order valence-corrected chi connectivity index (χ1v) is 7.25. The van der Waals surface area contributed by atoms with Gasteiger partial charge >= 0.3 is 5.97 Å². The van der Waals surface area contributed by atoms with Gasteiger partial charge in [-0.05, 0) is 37.0 Å². The molecule has 0 aliphatic rings. The molecule has 0 atom stereocenters. The van der Waals surface area contributed by atoms with E-state index in [0.29, 0.717) is 12.4 Å². The Morgan fingerprint density at radius 3 is 2.55 bits per heavy atom. The number of carbonyl (C=O) groups is 1. The van der Waals surface area contributed by atoms with Crippen LogP contribution in [0.25, 0.3) is 0 Å². The molecule has 116 valence electrons. The molecular weight excluding hydrogens is 283 g/mol.